The fraction of sp³-hybridized carbons (Fsp3) is 0. The van der Waals surface area contributed by atoms with Gasteiger partial charge < -0.3 is 5.11 Å². The lowest BCUT2D eigenvalue weighted by Gasteiger charge is -2.10. The summed E-state index contributed by atoms with van der Waals surface area (Å²) in [5, 5.41) is 18.5. The summed E-state index contributed by atoms with van der Waals surface area (Å²) in [5.41, 5.74) is 0.112. The van der Waals surface area contributed by atoms with Gasteiger partial charge in [0.25, 0.3) is 10.0 Å². The van der Waals surface area contributed by atoms with Crippen LogP contribution in [0.25, 0.3) is 0 Å². The van der Waals surface area contributed by atoms with Crippen molar-refractivity contribution in [1.29, 1.82) is 5.26 Å². The minimum absolute atomic E-state index is 0.0467. The van der Waals surface area contributed by atoms with Gasteiger partial charge in [-0.1, -0.05) is 24.3 Å². The van der Waals surface area contributed by atoms with E-state index < -0.39 is 10.0 Å². The molecule has 0 heterocycles. The van der Waals surface area contributed by atoms with Crippen LogP contribution < -0.4 is 4.72 Å². The SMILES string of the molecule is N#Cc1ccccc1S(=O)(=O)Nc1ccccc1O. The Balaban J connectivity index is 2.45. The Labute approximate surface area is 110 Å². The highest BCUT2D eigenvalue weighted by atomic mass is 32.2. The standard InChI is InChI=1S/C13H10N2O3S/c14-9-10-5-1-4-8-13(10)19(17,18)15-11-6-2-3-7-12(11)16/h1-8,15-16H. The molecule has 0 unspecified atom stereocenters. The molecule has 2 aromatic carbocycles. The topological polar surface area (TPSA) is 90.2 Å². The number of hydrogen-bond acceptors (Lipinski definition) is 4. The van der Waals surface area contributed by atoms with Crippen molar-refractivity contribution in [3.05, 3.63) is 54.1 Å². The van der Waals surface area contributed by atoms with Gasteiger partial charge in [-0.3, -0.25) is 4.72 Å². The predicted octanol–water partition coefficient (Wildman–Crippen LogP) is 2.06. The van der Waals surface area contributed by atoms with E-state index in [1.54, 1.807) is 18.2 Å². The molecule has 96 valence electrons. The van der Waals surface area contributed by atoms with E-state index in [9.17, 15) is 13.5 Å². The predicted molar refractivity (Wildman–Crippen MR) is 70.1 cm³/mol. The number of nitriles is 1. The molecule has 0 aliphatic heterocycles. The summed E-state index contributed by atoms with van der Waals surface area (Å²) in [4.78, 5) is -0.124. The zero-order valence-corrected chi connectivity index (χ0v) is 10.6. The van der Waals surface area contributed by atoms with Crippen molar-refractivity contribution in [3.8, 4) is 11.8 Å². The van der Waals surface area contributed by atoms with E-state index >= 15 is 0 Å². The summed E-state index contributed by atoms with van der Waals surface area (Å²) in [6.07, 6.45) is 0. The maximum absolute atomic E-state index is 12.2. The number of hydrogen-bond donors (Lipinski definition) is 2. The van der Waals surface area contributed by atoms with E-state index in [2.05, 4.69) is 4.72 Å². The largest absolute Gasteiger partial charge is 0.506 e. The number of nitrogens with zero attached hydrogens (tertiary/aromatic N) is 1. The van der Waals surface area contributed by atoms with Gasteiger partial charge in [-0.2, -0.15) is 5.26 Å². The van der Waals surface area contributed by atoms with E-state index in [0.29, 0.717) is 0 Å². The van der Waals surface area contributed by atoms with Gasteiger partial charge in [-0.25, -0.2) is 8.42 Å². The summed E-state index contributed by atoms with van der Waals surface area (Å²) < 4.78 is 26.6. The summed E-state index contributed by atoms with van der Waals surface area (Å²) in [6, 6.07) is 13.7. The smallest absolute Gasteiger partial charge is 0.263 e. The normalized spacial score (nSPS) is 10.7. The molecule has 0 bridgehead atoms. The highest BCUT2D eigenvalue weighted by molar-refractivity contribution is 7.92. The van der Waals surface area contributed by atoms with E-state index in [1.807, 2.05) is 6.07 Å². The van der Waals surface area contributed by atoms with Crippen LogP contribution in [0.5, 0.6) is 5.75 Å². The van der Waals surface area contributed by atoms with Crippen LogP contribution in [0.4, 0.5) is 5.69 Å². The quantitative estimate of drug-likeness (QED) is 0.838. The number of rotatable bonds is 3. The summed E-state index contributed by atoms with van der Waals surface area (Å²) in [7, 11) is -3.91. The molecular weight excluding hydrogens is 264 g/mol. The van der Waals surface area contributed by atoms with Crippen LogP contribution in [0.3, 0.4) is 0 Å². The molecule has 0 fully saturated rings. The van der Waals surface area contributed by atoms with Crippen LogP contribution in [-0.2, 0) is 10.0 Å². The second-order valence-corrected chi connectivity index (χ2v) is 5.38. The lowest BCUT2D eigenvalue weighted by molar-refractivity contribution is 0.477. The van der Waals surface area contributed by atoms with Gasteiger partial charge in [-0.05, 0) is 24.3 Å². The fourth-order valence-corrected chi connectivity index (χ4v) is 2.79. The molecule has 19 heavy (non-hydrogen) atoms. The van der Waals surface area contributed by atoms with Crippen molar-refractivity contribution in [2.75, 3.05) is 4.72 Å². The van der Waals surface area contributed by atoms with Crippen LogP contribution in [0.2, 0.25) is 0 Å². The van der Waals surface area contributed by atoms with Crippen molar-refractivity contribution in [2.45, 2.75) is 4.90 Å². The molecule has 0 atom stereocenters. The molecule has 2 aromatic rings. The second-order valence-electron chi connectivity index (χ2n) is 3.73. The molecule has 0 amide bonds. The number of benzene rings is 2. The van der Waals surface area contributed by atoms with Crippen LogP contribution in [0.1, 0.15) is 5.56 Å². The molecule has 0 saturated heterocycles. The molecule has 2 rings (SSSR count). The van der Waals surface area contributed by atoms with Gasteiger partial charge in [0.05, 0.1) is 11.3 Å². The summed E-state index contributed by atoms with van der Waals surface area (Å²) >= 11 is 0. The Morgan fingerprint density at radius 3 is 2.37 bits per heavy atom. The maximum atomic E-state index is 12.2. The zero-order chi connectivity index (χ0) is 13.9. The Morgan fingerprint density at radius 1 is 1.05 bits per heavy atom. The molecule has 0 aliphatic carbocycles. The Hall–Kier alpha value is -2.52. The third-order valence-corrected chi connectivity index (χ3v) is 3.87. The van der Waals surface area contributed by atoms with Gasteiger partial charge in [0.2, 0.25) is 0 Å². The Bertz CT molecular complexity index is 748. The fourth-order valence-electron chi connectivity index (χ4n) is 1.55. The van der Waals surface area contributed by atoms with Crippen LogP contribution in [0.15, 0.2) is 53.4 Å². The number of phenols is 1. The summed E-state index contributed by atoms with van der Waals surface area (Å²) in [5.74, 6) is -0.180. The average molecular weight is 274 g/mol. The molecule has 0 aromatic heterocycles. The molecule has 0 radical (unpaired) electrons. The van der Waals surface area contributed by atoms with Gasteiger partial charge in [0, 0.05) is 0 Å². The first kappa shape index (κ1) is 12.9. The van der Waals surface area contributed by atoms with Crippen molar-refractivity contribution >= 4 is 15.7 Å². The molecular formula is C13H10N2O3S. The summed E-state index contributed by atoms with van der Waals surface area (Å²) in [6.45, 7) is 0. The van der Waals surface area contributed by atoms with Crippen LogP contribution in [-0.4, -0.2) is 13.5 Å². The molecule has 5 nitrogen and oxygen atoms in total. The minimum Gasteiger partial charge on any atom is -0.506 e. The number of anilines is 1. The highest BCUT2D eigenvalue weighted by Crippen LogP contribution is 2.25. The third-order valence-electron chi connectivity index (χ3n) is 2.45. The lowest BCUT2D eigenvalue weighted by atomic mass is 10.2. The van der Waals surface area contributed by atoms with E-state index in [1.165, 1.54) is 30.3 Å². The second kappa shape index (κ2) is 5.00. The maximum Gasteiger partial charge on any atom is 0.263 e. The third kappa shape index (κ3) is 2.67. The van der Waals surface area contributed by atoms with Crippen molar-refractivity contribution < 1.29 is 13.5 Å². The van der Waals surface area contributed by atoms with Gasteiger partial charge in [0.1, 0.15) is 16.7 Å². The number of aromatic hydroxyl groups is 1. The number of phenolic OH excluding ortho intramolecular Hbond substituents is 1. The Kier molecular flexibility index (Phi) is 3.40. The van der Waals surface area contributed by atoms with E-state index in [-0.39, 0.29) is 21.9 Å². The van der Waals surface area contributed by atoms with Crippen LogP contribution >= 0.6 is 0 Å². The van der Waals surface area contributed by atoms with Crippen molar-refractivity contribution in [1.82, 2.24) is 0 Å². The zero-order valence-electron chi connectivity index (χ0n) is 9.74. The highest BCUT2D eigenvalue weighted by Gasteiger charge is 2.19. The van der Waals surface area contributed by atoms with Crippen LogP contribution in [0, 0.1) is 11.3 Å². The van der Waals surface area contributed by atoms with Gasteiger partial charge in [0.15, 0.2) is 0 Å². The molecule has 2 N–H and O–H groups in total. The van der Waals surface area contributed by atoms with Gasteiger partial charge >= 0.3 is 0 Å². The Morgan fingerprint density at radius 2 is 1.68 bits per heavy atom. The van der Waals surface area contributed by atoms with Crippen molar-refractivity contribution in [3.63, 3.8) is 0 Å². The lowest BCUT2D eigenvalue weighted by Crippen LogP contribution is -2.14. The number of sulfonamides is 1. The van der Waals surface area contributed by atoms with E-state index in [4.69, 9.17) is 5.26 Å². The first-order chi connectivity index (χ1) is 9.04. The monoisotopic (exact) mass is 274 g/mol. The first-order valence-electron chi connectivity index (χ1n) is 5.34. The molecule has 0 spiro atoms. The molecule has 0 aliphatic rings. The number of nitrogens with one attached hydrogen (secondary N) is 1. The average Bonchev–Trinajstić information content (AvgIpc) is 2.41. The minimum atomic E-state index is -3.91. The number of para-hydroxylation sites is 2. The van der Waals surface area contributed by atoms with E-state index in [0.717, 1.165) is 0 Å². The van der Waals surface area contributed by atoms with Gasteiger partial charge in [-0.15, -0.1) is 0 Å². The first-order valence-corrected chi connectivity index (χ1v) is 6.83. The molecule has 6 heteroatoms. The van der Waals surface area contributed by atoms with Crippen molar-refractivity contribution in [2.24, 2.45) is 0 Å². The molecule has 0 saturated carbocycles.